The molecule has 108 valence electrons. The van der Waals surface area contributed by atoms with E-state index in [1.54, 1.807) is 0 Å². The van der Waals surface area contributed by atoms with Gasteiger partial charge in [-0.1, -0.05) is 42.0 Å². The Morgan fingerprint density at radius 3 is 2.95 bits per heavy atom. The van der Waals surface area contributed by atoms with Gasteiger partial charge in [-0.25, -0.2) is 0 Å². The molecule has 0 atom stereocenters. The van der Waals surface area contributed by atoms with Crippen LogP contribution in [-0.2, 0) is 19.5 Å². The minimum Gasteiger partial charge on any atom is -0.348 e. The van der Waals surface area contributed by atoms with Crippen molar-refractivity contribution in [3.05, 3.63) is 70.3 Å². The molecule has 3 nitrogen and oxygen atoms in total. The highest BCUT2D eigenvalue weighted by atomic mass is 16.1. The SMILES string of the molecule is Cc1cccc(CNC(=O)c2cccc3c2CCNC3)c1. The van der Waals surface area contributed by atoms with Crippen molar-refractivity contribution in [2.75, 3.05) is 6.54 Å². The maximum atomic E-state index is 12.4. The molecule has 0 fully saturated rings. The van der Waals surface area contributed by atoms with Gasteiger partial charge < -0.3 is 10.6 Å². The zero-order chi connectivity index (χ0) is 14.7. The van der Waals surface area contributed by atoms with Gasteiger partial charge in [0.1, 0.15) is 0 Å². The van der Waals surface area contributed by atoms with Gasteiger partial charge in [0.2, 0.25) is 0 Å². The van der Waals surface area contributed by atoms with Crippen LogP contribution in [-0.4, -0.2) is 12.5 Å². The van der Waals surface area contributed by atoms with E-state index < -0.39 is 0 Å². The highest BCUT2D eigenvalue weighted by molar-refractivity contribution is 5.96. The number of carbonyl (C=O) groups is 1. The Labute approximate surface area is 125 Å². The predicted molar refractivity (Wildman–Crippen MR) is 84.2 cm³/mol. The number of fused-ring (bicyclic) bond motifs is 1. The summed E-state index contributed by atoms with van der Waals surface area (Å²) in [6.07, 6.45) is 0.920. The molecule has 1 heterocycles. The molecule has 0 spiro atoms. The first-order valence-corrected chi connectivity index (χ1v) is 7.39. The molecule has 1 aliphatic rings. The summed E-state index contributed by atoms with van der Waals surface area (Å²) >= 11 is 0. The Morgan fingerprint density at radius 1 is 1.24 bits per heavy atom. The first-order chi connectivity index (χ1) is 10.2. The third kappa shape index (κ3) is 3.14. The molecule has 0 unspecified atom stereocenters. The summed E-state index contributed by atoms with van der Waals surface area (Å²) in [5.41, 5.74) is 5.60. The average molecular weight is 280 g/mol. The van der Waals surface area contributed by atoms with Gasteiger partial charge in [0.15, 0.2) is 0 Å². The average Bonchev–Trinajstić information content (AvgIpc) is 2.52. The Balaban J connectivity index is 1.74. The zero-order valence-corrected chi connectivity index (χ0v) is 12.3. The second-order valence-electron chi connectivity index (χ2n) is 5.54. The van der Waals surface area contributed by atoms with E-state index in [9.17, 15) is 4.79 Å². The highest BCUT2D eigenvalue weighted by Gasteiger charge is 2.16. The Kier molecular flexibility index (Phi) is 4.02. The van der Waals surface area contributed by atoms with Crippen LogP contribution >= 0.6 is 0 Å². The van der Waals surface area contributed by atoms with Crippen LogP contribution in [0.25, 0.3) is 0 Å². The van der Waals surface area contributed by atoms with E-state index in [-0.39, 0.29) is 5.91 Å². The number of benzene rings is 2. The molecule has 1 amide bonds. The van der Waals surface area contributed by atoms with E-state index in [0.29, 0.717) is 6.54 Å². The predicted octanol–water partition coefficient (Wildman–Crippen LogP) is 2.57. The quantitative estimate of drug-likeness (QED) is 0.907. The van der Waals surface area contributed by atoms with Crippen molar-refractivity contribution in [1.82, 2.24) is 10.6 Å². The third-order valence-electron chi connectivity index (χ3n) is 3.92. The van der Waals surface area contributed by atoms with E-state index in [1.807, 2.05) is 24.3 Å². The van der Waals surface area contributed by atoms with Crippen LogP contribution in [0.4, 0.5) is 0 Å². The van der Waals surface area contributed by atoms with E-state index in [1.165, 1.54) is 16.7 Å². The Morgan fingerprint density at radius 2 is 2.10 bits per heavy atom. The van der Waals surface area contributed by atoms with Crippen LogP contribution in [0.2, 0.25) is 0 Å². The fourth-order valence-electron chi connectivity index (χ4n) is 2.84. The van der Waals surface area contributed by atoms with E-state index in [2.05, 4.69) is 35.8 Å². The van der Waals surface area contributed by atoms with Crippen molar-refractivity contribution in [3.63, 3.8) is 0 Å². The van der Waals surface area contributed by atoms with Crippen molar-refractivity contribution in [1.29, 1.82) is 0 Å². The summed E-state index contributed by atoms with van der Waals surface area (Å²) in [5.74, 6) is 0.0234. The normalized spacial score (nSPS) is 13.6. The molecule has 0 saturated heterocycles. The van der Waals surface area contributed by atoms with Gasteiger partial charge in [-0.05, 0) is 42.6 Å². The number of aryl methyl sites for hydroxylation is 1. The monoisotopic (exact) mass is 280 g/mol. The lowest BCUT2D eigenvalue weighted by molar-refractivity contribution is 0.0949. The first kappa shape index (κ1) is 13.8. The van der Waals surface area contributed by atoms with Crippen LogP contribution in [0, 0.1) is 6.92 Å². The van der Waals surface area contributed by atoms with Gasteiger partial charge >= 0.3 is 0 Å². The maximum absolute atomic E-state index is 12.4. The molecule has 3 rings (SSSR count). The smallest absolute Gasteiger partial charge is 0.251 e. The largest absolute Gasteiger partial charge is 0.348 e. The van der Waals surface area contributed by atoms with Crippen molar-refractivity contribution >= 4 is 5.91 Å². The molecule has 0 aromatic heterocycles. The van der Waals surface area contributed by atoms with E-state index >= 15 is 0 Å². The summed E-state index contributed by atoms with van der Waals surface area (Å²) in [4.78, 5) is 12.4. The number of carbonyl (C=O) groups excluding carboxylic acids is 1. The Bertz CT molecular complexity index is 664. The molecule has 1 aliphatic heterocycles. The number of amides is 1. The zero-order valence-electron chi connectivity index (χ0n) is 12.3. The van der Waals surface area contributed by atoms with Crippen molar-refractivity contribution in [2.24, 2.45) is 0 Å². The molecule has 0 saturated carbocycles. The number of nitrogens with one attached hydrogen (secondary N) is 2. The van der Waals surface area contributed by atoms with Crippen molar-refractivity contribution in [3.8, 4) is 0 Å². The summed E-state index contributed by atoms with van der Waals surface area (Å²) in [7, 11) is 0. The summed E-state index contributed by atoms with van der Waals surface area (Å²) in [6, 6.07) is 14.2. The lowest BCUT2D eigenvalue weighted by atomic mass is 9.95. The van der Waals surface area contributed by atoms with Crippen LogP contribution in [0.15, 0.2) is 42.5 Å². The van der Waals surface area contributed by atoms with Crippen molar-refractivity contribution < 1.29 is 4.79 Å². The van der Waals surface area contributed by atoms with Crippen LogP contribution in [0.5, 0.6) is 0 Å². The van der Waals surface area contributed by atoms with Gasteiger partial charge in [-0.15, -0.1) is 0 Å². The third-order valence-corrected chi connectivity index (χ3v) is 3.92. The fraction of sp³-hybridized carbons (Fsp3) is 0.278. The minimum absolute atomic E-state index is 0.0234. The van der Waals surface area contributed by atoms with E-state index in [4.69, 9.17) is 0 Å². The number of hydrogen-bond donors (Lipinski definition) is 2. The lowest BCUT2D eigenvalue weighted by Crippen LogP contribution is -2.29. The molecule has 0 bridgehead atoms. The van der Waals surface area contributed by atoms with Gasteiger partial charge in [0, 0.05) is 18.7 Å². The second kappa shape index (κ2) is 6.10. The standard InChI is InChI=1S/C18H20N2O/c1-13-4-2-5-14(10-13)11-20-18(21)17-7-3-6-15-12-19-9-8-16(15)17/h2-7,10,19H,8-9,11-12H2,1H3,(H,20,21). The highest BCUT2D eigenvalue weighted by Crippen LogP contribution is 2.18. The molecule has 0 radical (unpaired) electrons. The molecule has 2 N–H and O–H groups in total. The topological polar surface area (TPSA) is 41.1 Å². The summed E-state index contributed by atoms with van der Waals surface area (Å²) in [5, 5.41) is 6.37. The number of rotatable bonds is 3. The summed E-state index contributed by atoms with van der Waals surface area (Å²) in [6.45, 7) is 4.43. The van der Waals surface area contributed by atoms with Crippen LogP contribution in [0.1, 0.15) is 32.6 Å². The van der Waals surface area contributed by atoms with Crippen LogP contribution < -0.4 is 10.6 Å². The summed E-state index contributed by atoms with van der Waals surface area (Å²) < 4.78 is 0. The molecule has 21 heavy (non-hydrogen) atoms. The number of hydrogen-bond acceptors (Lipinski definition) is 2. The second-order valence-corrected chi connectivity index (χ2v) is 5.54. The van der Waals surface area contributed by atoms with E-state index in [0.717, 1.165) is 30.6 Å². The molecule has 3 heteroatoms. The fourth-order valence-corrected chi connectivity index (χ4v) is 2.84. The molecule has 0 aliphatic carbocycles. The molecule has 2 aromatic rings. The molecular weight excluding hydrogens is 260 g/mol. The van der Waals surface area contributed by atoms with Crippen LogP contribution in [0.3, 0.4) is 0 Å². The molecular formula is C18H20N2O. The maximum Gasteiger partial charge on any atom is 0.251 e. The van der Waals surface area contributed by atoms with Crippen molar-refractivity contribution in [2.45, 2.75) is 26.4 Å². The molecule has 2 aromatic carbocycles. The van der Waals surface area contributed by atoms with Gasteiger partial charge in [0.05, 0.1) is 0 Å². The minimum atomic E-state index is 0.0234. The lowest BCUT2D eigenvalue weighted by Gasteiger charge is -2.20. The van der Waals surface area contributed by atoms with Gasteiger partial charge in [-0.3, -0.25) is 4.79 Å². The first-order valence-electron chi connectivity index (χ1n) is 7.39. The van der Waals surface area contributed by atoms with Gasteiger partial charge in [-0.2, -0.15) is 0 Å². The Hall–Kier alpha value is -2.13. The van der Waals surface area contributed by atoms with Gasteiger partial charge in [0.25, 0.3) is 5.91 Å².